The minimum absolute atomic E-state index is 0.180. The molecule has 1 unspecified atom stereocenters. The molecule has 0 aliphatic carbocycles. The molecule has 0 fully saturated rings. The molecule has 0 heterocycles. The fourth-order valence-electron chi connectivity index (χ4n) is 1.15. The average molecular weight is 255 g/mol. The van der Waals surface area contributed by atoms with Crippen LogP contribution in [0.4, 0.5) is 0 Å². The Hall–Kier alpha value is -1.21. The van der Waals surface area contributed by atoms with Crippen molar-refractivity contribution in [2.24, 2.45) is 16.6 Å². The third kappa shape index (κ3) is 4.66. The van der Waals surface area contributed by atoms with Crippen LogP contribution in [0.15, 0.2) is 29.7 Å². The molecule has 1 aromatic rings. The van der Waals surface area contributed by atoms with Gasteiger partial charge in [0.05, 0.1) is 0 Å². The topological polar surface area (TPSA) is 108 Å². The number of hydrogen-bond acceptors (Lipinski definition) is 6. The van der Waals surface area contributed by atoms with Crippen molar-refractivity contribution in [3.05, 3.63) is 35.2 Å². The maximum atomic E-state index is 9.24. The van der Waals surface area contributed by atoms with E-state index in [0.717, 1.165) is 17.5 Å². The van der Waals surface area contributed by atoms with E-state index in [0.29, 0.717) is 11.4 Å². The van der Waals surface area contributed by atoms with E-state index in [1.165, 1.54) is 0 Å². The first-order valence-corrected chi connectivity index (χ1v) is 6.04. The van der Waals surface area contributed by atoms with Crippen LogP contribution >= 0.6 is 11.9 Å². The summed E-state index contributed by atoms with van der Waals surface area (Å²) < 4.78 is 5.33. The fraction of sp³-hybridized carbons (Fsp3) is 0.273. The van der Waals surface area contributed by atoms with Gasteiger partial charge in [-0.3, -0.25) is 5.14 Å². The summed E-state index contributed by atoms with van der Waals surface area (Å²) in [5.41, 5.74) is 12.5. The Morgan fingerprint density at radius 1 is 1.41 bits per heavy atom. The van der Waals surface area contributed by atoms with Crippen molar-refractivity contribution in [2.45, 2.75) is 6.10 Å². The van der Waals surface area contributed by atoms with Crippen molar-refractivity contribution >= 4 is 17.6 Å². The van der Waals surface area contributed by atoms with Gasteiger partial charge in [-0.15, -0.1) is 0 Å². The molecule has 0 aliphatic rings. The lowest BCUT2D eigenvalue weighted by Gasteiger charge is -2.10. The minimum atomic E-state index is -0.645. The molecule has 1 atom stereocenters. The van der Waals surface area contributed by atoms with Crippen LogP contribution in [0.5, 0.6) is 5.75 Å². The van der Waals surface area contributed by atoms with E-state index in [1.54, 1.807) is 17.5 Å². The number of ether oxygens (including phenoxy) is 1. The molecule has 5 nitrogen and oxygen atoms in total. The van der Waals surface area contributed by atoms with Gasteiger partial charge in [-0.1, -0.05) is 11.9 Å². The molecule has 1 rings (SSSR count). The SMILES string of the molecule is NCC(O)COc1ccc(/C(N)=C/SN)cc1. The second-order valence-electron chi connectivity index (χ2n) is 3.43. The lowest BCUT2D eigenvalue weighted by Crippen LogP contribution is -2.26. The smallest absolute Gasteiger partial charge is 0.119 e. The third-order valence-corrected chi connectivity index (χ3v) is 2.49. The van der Waals surface area contributed by atoms with E-state index in [9.17, 15) is 5.11 Å². The maximum Gasteiger partial charge on any atom is 0.119 e. The highest BCUT2D eigenvalue weighted by molar-refractivity contribution is 8.00. The molecular formula is C11H17N3O2S. The number of rotatable bonds is 6. The summed E-state index contributed by atoms with van der Waals surface area (Å²) >= 11 is 1.06. The standard InChI is InChI=1S/C11H17N3O2S/c12-5-9(15)6-16-10-3-1-8(2-4-10)11(13)7-17-14/h1-4,7,9,15H,5-6,12-14H2/b11-7-. The molecule has 0 radical (unpaired) electrons. The highest BCUT2D eigenvalue weighted by Crippen LogP contribution is 2.17. The van der Waals surface area contributed by atoms with E-state index in [-0.39, 0.29) is 13.2 Å². The number of aliphatic hydroxyl groups is 1. The van der Waals surface area contributed by atoms with Crippen molar-refractivity contribution in [2.75, 3.05) is 13.2 Å². The van der Waals surface area contributed by atoms with Crippen molar-refractivity contribution in [1.82, 2.24) is 0 Å². The van der Waals surface area contributed by atoms with Crippen LogP contribution in [-0.2, 0) is 0 Å². The fourth-order valence-corrected chi connectivity index (χ4v) is 1.43. The van der Waals surface area contributed by atoms with E-state index < -0.39 is 6.10 Å². The van der Waals surface area contributed by atoms with E-state index in [2.05, 4.69) is 0 Å². The molecule has 94 valence electrons. The van der Waals surface area contributed by atoms with Crippen molar-refractivity contribution in [1.29, 1.82) is 0 Å². The first-order chi connectivity index (χ1) is 8.17. The maximum absolute atomic E-state index is 9.24. The number of nitrogens with two attached hydrogens (primary N) is 3. The van der Waals surface area contributed by atoms with E-state index in [1.807, 2.05) is 12.1 Å². The molecule has 0 aromatic heterocycles. The summed E-state index contributed by atoms with van der Waals surface area (Å²) in [5, 5.41) is 16.2. The van der Waals surface area contributed by atoms with Gasteiger partial charge in [0, 0.05) is 17.6 Å². The summed E-state index contributed by atoms with van der Waals surface area (Å²) in [6.07, 6.45) is -0.645. The van der Waals surface area contributed by atoms with Crippen LogP contribution in [0.25, 0.3) is 5.70 Å². The molecule has 0 amide bonds. The molecule has 17 heavy (non-hydrogen) atoms. The molecule has 0 saturated heterocycles. The zero-order chi connectivity index (χ0) is 12.7. The van der Waals surface area contributed by atoms with Crippen LogP contribution in [-0.4, -0.2) is 24.4 Å². The predicted molar refractivity (Wildman–Crippen MR) is 70.9 cm³/mol. The Morgan fingerprint density at radius 2 is 2.06 bits per heavy atom. The van der Waals surface area contributed by atoms with Gasteiger partial charge in [0.1, 0.15) is 18.5 Å². The Morgan fingerprint density at radius 3 is 2.59 bits per heavy atom. The van der Waals surface area contributed by atoms with Crippen LogP contribution in [0.2, 0.25) is 0 Å². The third-order valence-electron chi connectivity index (χ3n) is 2.10. The summed E-state index contributed by atoms with van der Waals surface area (Å²) in [6, 6.07) is 7.21. The highest BCUT2D eigenvalue weighted by Gasteiger charge is 2.02. The predicted octanol–water partition coefficient (Wildman–Crippen LogP) is 0.249. The Labute approximate surface area is 105 Å². The second-order valence-corrected chi connectivity index (χ2v) is 3.94. The van der Waals surface area contributed by atoms with E-state index >= 15 is 0 Å². The van der Waals surface area contributed by atoms with Gasteiger partial charge in [0.15, 0.2) is 0 Å². The van der Waals surface area contributed by atoms with E-state index in [4.69, 9.17) is 21.3 Å². The van der Waals surface area contributed by atoms with Gasteiger partial charge in [0.25, 0.3) is 0 Å². The lowest BCUT2D eigenvalue weighted by molar-refractivity contribution is 0.114. The van der Waals surface area contributed by atoms with Crippen LogP contribution in [0, 0.1) is 0 Å². The largest absolute Gasteiger partial charge is 0.491 e. The summed E-state index contributed by atoms with van der Waals surface area (Å²) in [7, 11) is 0. The van der Waals surface area contributed by atoms with Crippen molar-refractivity contribution < 1.29 is 9.84 Å². The van der Waals surface area contributed by atoms with Crippen LogP contribution in [0.1, 0.15) is 5.56 Å². The van der Waals surface area contributed by atoms with Gasteiger partial charge in [-0.2, -0.15) is 0 Å². The molecule has 6 heteroatoms. The number of benzene rings is 1. The Bertz CT molecular complexity index is 367. The second kappa shape index (κ2) is 7.18. The summed E-state index contributed by atoms with van der Waals surface area (Å²) in [4.78, 5) is 0. The van der Waals surface area contributed by atoms with Gasteiger partial charge < -0.3 is 21.3 Å². The molecule has 7 N–H and O–H groups in total. The monoisotopic (exact) mass is 255 g/mol. The zero-order valence-electron chi connectivity index (χ0n) is 9.37. The molecule has 0 bridgehead atoms. The summed E-state index contributed by atoms with van der Waals surface area (Å²) in [6.45, 7) is 0.362. The quantitative estimate of drug-likeness (QED) is 0.543. The normalized spacial score (nSPS) is 13.5. The Kier molecular flexibility index (Phi) is 5.85. The zero-order valence-corrected chi connectivity index (χ0v) is 10.2. The van der Waals surface area contributed by atoms with Crippen LogP contribution in [0.3, 0.4) is 0 Å². The first-order valence-electron chi connectivity index (χ1n) is 5.10. The first kappa shape index (κ1) is 13.9. The summed E-state index contributed by atoms with van der Waals surface area (Å²) in [5.74, 6) is 0.662. The molecule has 1 aromatic carbocycles. The number of aliphatic hydroxyl groups excluding tert-OH is 1. The Balaban J connectivity index is 2.59. The highest BCUT2D eigenvalue weighted by atomic mass is 32.2. The van der Waals surface area contributed by atoms with Gasteiger partial charge >= 0.3 is 0 Å². The van der Waals surface area contributed by atoms with Gasteiger partial charge in [-0.05, 0) is 29.8 Å². The molecule has 0 spiro atoms. The minimum Gasteiger partial charge on any atom is -0.491 e. The number of hydrogen-bond donors (Lipinski definition) is 4. The molecule has 0 aliphatic heterocycles. The van der Waals surface area contributed by atoms with Crippen molar-refractivity contribution in [3.8, 4) is 5.75 Å². The average Bonchev–Trinajstić information content (AvgIpc) is 2.36. The van der Waals surface area contributed by atoms with Crippen molar-refractivity contribution in [3.63, 3.8) is 0 Å². The lowest BCUT2D eigenvalue weighted by atomic mass is 10.2. The van der Waals surface area contributed by atoms with Gasteiger partial charge in [0.2, 0.25) is 0 Å². The van der Waals surface area contributed by atoms with Gasteiger partial charge in [-0.25, -0.2) is 0 Å². The molecular weight excluding hydrogens is 238 g/mol. The molecule has 0 saturated carbocycles. The van der Waals surface area contributed by atoms with Crippen LogP contribution < -0.4 is 21.3 Å².